The molecule has 4 nitrogen and oxygen atoms in total. The molecule has 0 saturated carbocycles. The molecule has 0 bridgehead atoms. The van der Waals surface area contributed by atoms with Crippen molar-refractivity contribution in [2.24, 2.45) is 0 Å². The minimum atomic E-state index is -0.384. The molecule has 0 unspecified atom stereocenters. The van der Waals surface area contributed by atoms with Crippen molar-refractivity contribution in [2.75, 3.05) is 11.1 Å². The maximum absolute atomic E-state index is 12.3. The number of furan rings is 1. The number of halogens is 3. The van der Waals surface area contributed by atoms with E-state index in [1.165, 1.54) is 0 Å². The van der Waals surface area contributed by atoms with Crippen LogP contribution in [-0.4, -0.2) is 5.91 Å². The molecule has 7 heteroatoms. The normalized spacial score (nSPS) is 10.6. The molecule has 1 amide bonds. The fourth-order valence-corrected chi connectivity index (χ4v) is 3.00. The van der Waals surface area contributed by atoms with Crippen LogP contribution in [-0.2, 0) is 0 Å². The lowest BCUT2D eigenvalue weighted by atomic mass is 10.2. The predicted octanol–water partition coefficient (Wildman–Crippen LogP) is 5.85. The van der Waals surface area contributed by atoms with E-state index < -0.39 is 0 Å². The molecule has 0 aliphatic rings. The molecule has 122 valence electrons. The molecule has 24 heavy (non-hydrogen) atoms. The van der Waals surface area contributed by atoms with Crippen LogP contribution in [0.15, 0.2) is 57.4 Å². The predicted molar refractivity (Wildman–Crippen MR) is 101 cm³/mol. The second kappa shape index (κ2) is 6.89. The Labute approximate surface area is 156 Å². The van der Waals surface area contributed by atoms with Crippen LogP contribution in [0.5, 0.6) is 0 Å². The number of nitrogens with two attached hydrogens (primary N) is 1. The second-order valence-corrected chi connectivity index (χ2v) is 6.60. The summed E-state index contributed by atoms with van der Waals surface area (Å²) in [6, 6.07) is 13.6. The summed E-state index contributed by atoms with van der Waals surface area (Å²) in [7, 11) is 0. The summed E-state index contributed by atoms with van der Waals surface area (Å²) in [6.07, 6.45) is 0. The van der Waals surface area contributed by atoms with E-state index in [1.54, 1.807) is 48.5 Å². The third-order valence-corrected chi connectivity index (χ3v) is 4.76. The van der Waals surface area contributed by atoms with Crippen molar-refractivity contribution in [1.82, 2.24) is 0 Å². The van der Waals surface area contributed by atoms with Crippen LogP contribution in [0.4, 0.5) is 11.4 Å². The average molecular weight is 426 g/mol. The van der Waals surface area contributed by atoms with E-state index in [0.717, 1.165) is 0 Å². The van der Waals surface area contributed by atoms with Gasteiger partial charge in [-0.25, -0.2) is 0 Å². The highest BCUT2D eigenvalue weighted by molar-refractivity contribution is 9.10. The van der Waals surface area contributed by atoms with E-state index in [2.05, 4.69) is 21.2 Å². The minimum Gasteiger partial charge on any atom is -0.451 e. The number of rotatable bonds is 3. The number of nitrogens with one attached hydrogen (secondary N) is 1. The molecule has 1 heterocycles. The number of anilines is 2. The fraction of sp³-hybridized carbons (Fsp3) is 0. The van der Waals surface area contributed by atoms with Gasteiger partial charge in [0.2, 0.25) is 0 Å². The smallest absolute Gasteiger partial charge is 0.291 e. The molecule has 2 aromatic carbocycles. The number of benzene rings is 2. The molecule has 3 N–H and O–H groups in total. The summed E-state index contributed by atoms with van der Waals surface area (Å²) in [5.74, 6) is 0.235. The topological polar surface area (TPSA) is 68.3 Å². The first-order valence-electron chi connectivity index (χ1n) is 6.86. The number of carbonyl (C=O) groups is 1. The quantitative estimate of drug-likeness (QED) is 0.517. The van der Waals surface area contributed by atoms with Crippen LogP contribution in [0.2, 0.25) is 10.0 Å². The van der Waals surface area contributed by atoms with Gasteiger partial charge in [-0.05, 0) is 58.4 Å². The Morgan fingerprint density at radius 2 is 1.92 bits per heavy atom. The summed E-state index contributed by atoms with van der Waals surface area (Å²) in [5, 5.41) is 3.55. The SMILES string of the molecule is Nc1ccc(NC(=O)c2ccc(-c3cccc(Cl)c3Cl)o2)c(Br)c1. The molecule has 0 radical (unpaired) electrons. The standard InChI is InChI=1S/C17H11BrCl2N2O2/c18-11-8-9(21)4-5-13(11)22-17(23)15-7-6-14(24-15)10-2-1-3-12(19)16(10)20/h1-8H,21H2,(H,22,23). The first-order chi connectivity index (χ1) is 11.5. The average Bonchev–Trinajstić information content (AvgIpc) is 3.02. The minimum absolute atomic E-state index is 0.157. The van der Waals surface area contributed by atoms with E-state index in [4.69, 9.17) is 33.4 Å². The van der Waals surface area contributed by atoms with Crippen LogP contribution in [0.25, 0.3) is 11.3 Å². The highest BCUT2D eigenvalue weighted by atomic mass is 79.9. The Morgan fingerprint density at radius 3 is 2.67 bits per heavy atom. The van der Waals surface area contributed by atoms with Crippen molar-refractivity contribution in [2.45, 2.75) is 0 Å². The number of carbonyl (C=O) groups excluding carboxylic acids is 1. The Kier molecular flexibility index (Phi) is 4.85. The number of hydrogen-bond acceptors (Lipinski definition) is 3. The number of nitrogen functional groups attached to an aromatic ring is 1. The van der Waals surface area contributed by atoms with Crippen molar-refractivity contribution in [3.8, 4) is 11.3 Å². The van der Waals surface area contributed by atoms with Crippen LogP contribution in [0.3, 0.4) is 0 Å². The van der Waals surface area contributed by atoms with E-state index in [-0.39, 0.29) is 11.7 Å². The highest BCUT2D eigenvalue weighted by Crippen LogP contribution is 2.34. The van der Waals surface area contributed by atoms with Crippen molar-refractivity contribution < 1.29 is 9.21 Å². The van der Waals surface area contributed by atoms with Crippen LogP contribution >= 0.6 is 39.1 Å². The van der Waals surface area contributed by atoms with Crippen LogP contribution in [0, 0.1) is 0 Å². The third-order valence-electron chi connectivity index (χ3n) is 3.29. The summed E-state index contributed by atoms with van der Waals surface area (Å²) in [6.45, 7) is 0. The van der Waals surface area contributed by atoms with Crippen molar-refractivity contribution in [3.63, 3.8) is 0 Å². The molecule has 0 fully saturated rings. The van der Waals surface area contributed by atoms with Gasteiger partial charge in [0.1, 0.15) is 5.76 Å². The number of amides is 1. The second-order valence-electron chi connectivity index (χ2n) is 4.96. The Balaban J connectivity index is 1.85. The van der Waals surface area contributed by atoms with Gasteiger partial charge in [-0.3, -0.25) is 4.79 Å². The monoisotopic (exact) mass is 424 g/mol. The molecule has 1 aromatic heterocycles. The van der Waals surface area contributed by atoms with E-state index in [9.17, 15) is 4.79 Å². The van der Waals surface area contributed by atoms with Gasteiger partial charge in [0, 0.05) is 15.7 Å². The lowest BCUT2D eigenvalue weighted by molar-refractivity contribution is 0.0997. The first-order valence-corrected chi connectivity index (χ1v) is 8.41. The highest BCUT2D eigenvalue weighted by Gasteiger charge is 2.16. The summed E-state index contributed by atoms with van der Waals surface area (Å²) in [5.41, 5.74) is 7.49. The van der Waals surface area contributed by atoms with Crippen molar-refractivity contribution in [1.29, 1.82) is 0 Å². The van der Waals surface area contributed by atoms with Gasteiger partial charge in [0.15, 0.2) is 5.76 Å². The molecule has 0 spiro atoms. The van der Waals surface area contributed by atoms with Crippen LogP contribution < -0.4 is 11.1 Å². The molecular formula is C17H11BrCl2N2O2. The van der Waals surface area contributed by atoms with E-state index in [1.807, 2.05) is 0 Å². The van der Waals surface area contributed by atoms with Gasteiger partial charge in [-0.15, -0.1) is 0 Å². The van der Waals surface area contributed by atoms with Crippen molar-refractivity contribution in [3.05, 3.63) is 68.8 Å². The Morgan fingerprint density at radius 1 is 1.12 bits per heavy atom. The Hall–Kier alpha value is -1.95. The maximum Gasteiger partial charge on any atom is 0.291 e. The molecule has 0 aliphatic heterocycles. The van der Waals surface area contributed by atoms with E-state index in [0.29, 0.717) is 37.2 Å². The van der Waals surface area contributed by atoms with Gasteiger partial charge >= 0.3 is 0 Å². The Bertz CT molecular complexity index is 925. The lowest BCUT2D eigenvalue weighted by Crippen LogP contribution is -2.11. The maximum atomic E-state index is 12.3. The number of hydrogen-bond donors (Lipinski definition) is 2. The molecular weight excluding hydrogens is 415 g/mol. The molecule has 0 aliphatic carbocycles. The zero-order chi connectivity index (χ0) is 17.3. The fourth-order valence-electron chi connectivity index (χ4n) is 2.12. The summed E-state index contributed by atoms with van der Waals surface area (Å²) < 4.78 is 6.29. The third kappa shape index (κ3) is 3.43. The molecule has 0 atom stereocenters. The van der Waals surface area contributed by atoms with Gasteiger partial charge in [0.25, 0.3) is 5.91 Å². The lowest BCUT2D eigenvalue weighted by Gasteiger charge is -2.06. The van der Waals surface area contributed by atoms with E-state index >= 15 is 0 Å². The van der Waals surface area contributed by atoms with Gasteiger partial charge in [-0.1, -0.05) is 29.3 Å². The first kappa shape index (κ1) is 16.9. The summed E-state index contributed by atoms with van der Waals surface area (Å²) >= 11 is 15.5. The molecule has 3 aromatic rings. The molecule has 3 rings (SSSR count). The van der Waals surface area contributed by atoms with Crippen LogP contribution in [0.1, 0.15) is 10.6 Å². The zero-order valence-corrected chi connectivity index (χ0v) is 15.2. The van der Waals surface area contributed by atoms with Gasteiger partial charge in [-0.2, -0.15) is 0 Å². The van der Waals surface area contributed by atoms with Gasteiger partial charge < -0.3 is 15.5 Å². The largest absolute Gasteiger partial charge is 0.451 e. The zero-order valence-electron chi connectivity index (χ0n) is 12.1. The molecule has 0 saturated heterocycles. The van der Waals surface area contributed by atoms with Gasteiger partial charge in [0.05, 0.1) is 15.7 Å². The van der Waals surface area contributed by atoms with Crippen molar-refractivity contribution >= 4 is 56.4 Å². The summed E-state index contributed by atoms with van der Waals surface area (Å²) in [4.78, 5) is 12.3.